The van der Waals surface area contributed by atoms with E-state index in [9.17, 15) is 4.79 Å². The van der Waals surface area contributed by atoms with Crippen LogP contribution in [0.1, 0.15) is 35.9 Å². The van der Waals surface area contributed by atoms with Crippen LogP contribution >= 0.6 is 11.3 Å². The van der Waals surface area contributed by atoms with Crippen molar-refractivity contribution in [2.24, 2.45) is 5.92 Å². The fraction of sp³-hybridized carbons (Fsp3) is 0.389. The number of carbonyl (C=O) groups excluding carboxylic acids is 1. The minimum atomic E-state index is -0.0882. The molecule has 3 nitrogen and oxygen atoms in total. The fourth-order valence-corrected chi connectivity index (χ4v) is 3.36. The first kappa shape index (κ1) is 16.6. The fourth-order valence-electron chi connectivity index (χ4n) is 2.41. The van der Waals surface area contributed by atoms with Gasteiger partial charge in [-0.05, 0) is 42.3 Å². The lowest BCUT2D eigenvalue weighted by atomic mass is 10.0. The lowest BCUT2D eigenvalue weighted by Gasteiger charge is -2.21. The van der Waals surface area contributed by atoms with E-state index in [4.69, 9.17) is 4.74 Å². The molecule has 1 heterocycles. The number of ether oxygens (including phenoxy) is 1. The standard InChI is InChI=1S/C18H23NO2S/c1-12(2)17(15-9-6-10-22-15)19-16(20)11-21-18-13(3)7-5-8-14(18)4/h5-10,12,17H,11H2,1-4H3,(H,19,20)/t17-/m1/s1. The van der Waals surface area contributed by atoms with Crippen molar-refractivity contribution in [3.05, 3.63) is 51.7 Å². The highest BCUT2D eigenvalue weighted by Crippen LogP contribution is 2.26. The zero-order valence-corrected chi connectivity index (χ0v) is 14.4. The Kier molecular flexibility index (Phi) is 5.61. The number of thiophene rings is 1. The van der Waals surface area contributed by atoms with E-state index >= 15 is 0 Å². The molecule has 0 radical (unpaired) electrons. The van der Waals surface area contributed by atoms with Crippen molar-refractivity contribution in [2.75, 3.05) is 6.61 Å². The van der Waals surface area contributed by atoms with Crippen molar-refractivity contribution in [1.82, 2.24) is 5.32 Å². The van der Waals surface area contributed by atoms with E-state index in [0.29, 0.717) is 5.92 Å². The second-order valence-corrected chi connectivity index (χ2v) is 6.79. The molecule has 0 aliphatic rings. The summed E-state index contributed by atoms with van der Waals surface area (Å²) in [6.45, 7) is 8.24. The number of hydrogen-bond acceptors (Lipinski definition) is 3. The van der Waals surface area contributed by atoms with Crippen LogP contribution in [-0.2, 0) is 4.79 Å². The van der Waals surface area contributed by atoms with Gasteiger partial charge >= 0.3 is 0 Å². The van der Waals surface area contributed by atoms with Crippen LogP contribution in [0.4, 0.5) is 0 Å². The Morgan fingerprint density at radius 3 is 2.41 bits per heavy atom. The molecule has 2 aromatic rings. The zero-order chi connectivity index (χ0) is 16.1. The van der Waals surface area contributed by atoms with Crippen LogP contribution < -0.4 is 10.1 Å². The second-order valence-electron chi connectivity index (χ2n) is 5.81. The van der Waals surface area contributed by atoms with E-state index in [1.807, 2.05) is 43.5 Å². The average Bonchev–Trinajstić information content (AvgIpc) is 2.97. The summed E-state index contributed by atoms with van der Waals surface area (Å²) in [7, 11) is 0. The highest BCUT2D eigenvalue weighted by Gasteiger charge is 2.19. The smallest absolute Gasteiger partial charge is 0.258 e. The molecule has 0 aliphatic heterocycles. The van der Waals surface area contributed by atoms with Gasteiger partial charge < -0.3 is 10.1 Å². The van der Waals surface area contributed by atoms with Gasteiger partial charge in [0, 0.05) is 4.88 Å². The van der Waals surface area contributed by atoms with Crippen molar-refractivity contribution in [1.29, 1.82) is 0 Å². The molecule has 0 bridgehead atoms. The van der Waals surface area contributed by atoms with Crippen LogP contribution in [0.2, 0.25) is 0 Å². The summed E-state index contributed by atoms with van der Waals surface area (Å²) in [6, 6.07) is 10.1. The number of carbonyl (C=O) groups is 1. The number of benzene rings is 1. The summed E-state index contributed by atoms with van der Waals surface area (Å²) in [5, 5.41) is 5.11. The number of aryl methyl sites for hydroxylation is 2. The molecule has 1 aromatic heterocycles. The third-order valence-corrected chi connectivity index (χ3v) is 4.54. The van der Waals surface area contributed by atoms with E-state index in [1.54, 1.807) is 11.3 Å². The Morgan fingerprint density at radius 1 is 1.18 bits per heavy atom. The molecule has 0 saturated heterocycles. The van der Waals surface area contributed by atoms with Crippen LogP contribution in [-0.4, -0.2) is 12.5 Å². The molecule has 1 N–H and O–H groups in total. The second kappa shape index (κ2) is 7.45. The molecular formula is C18H23NO2S. The zero-order valence-electron chi connectivity index (χ0n) is 13.6. The maximum Gasteiger partial charge on any atom is 0.258 e. The maximum absolute atomic E-state index is 12.2. The molecule has 1 amide bonds. The molecular weight excluding hydrogens is 294 g/mol. The first-order valence-electron chi connectivity index (χ1n) is 7.51. The van der Waals surface area contributed by atoms with Gasteiger partial charge in [-0.3, -0.25) is 4.79 Å². The van der Waals surface area contributed by atoms with E-state index in [2.05, 4.69) is 25.2 Å². The first-order valence-corrected chi connectivity index (χ1v) is 8.38. The Hall–Kier alpha value is -1.81. The highest BCUT2D eigenvalue weighted by atomic mass is 32.1. The van der Waals surface area contributed by atoms with Crippen LogP contribution in [0.3, 0.4) is 0 Å². The lowest BCUT2D eigenvalue weighted by Crippen LogP contribution is -2.34. The van der Waals surface area contributed by atoms with Gasteiger partial charge in [-0.2, -0.15) is 0 Å². The highest BCUT2D eigenvalue weighted by molar-refractivity contribution is 7.10. The Bertz CT molecular complexity index is 600. The van der Waals surface area contributed by atoms with Gasteiger partial charge in [0.15, 0.2) is 6.61 Å². The van der Waals surface area contributed by atoms with Gasteiger partial charge in [0.1, 0.15) is 5.75 Å². The van der Waals surface area contributed by atoms with Gasteiger partial charge in [0.25, 0.3) is 5.91 Å². The normalized spacial score (nSPS) is 12.2. The van der Waals surface area contributed by atoms with Crippen molar-refractivity contribution in [3.63, 3.8) is 0 Å². The van der Waals surface area contributed by atoms with E-state index < -0.39 is 0 Å². The van der Waals surface area contributed by atoms with Gasteiger partial charge in [-0.15, -0.1) is 11.3 Å². The maximum atomic E-state index is 12.2. The predicted molar refractivity (Wildman–Crippen MR) is 91.5 cm³/mol. The number of hydrogen-bond donors (Lipinski definition) is 1. The third-order valence-electron chi connectivity index (χ3n) is 3.59. The molecule has 0 aliphatic carbocycles. The number of rotatable bonds is 6. The van der Waals surface area contributed by atoms with Crippen molar-refractivity contribution in [3.8, 4) is 5.75 Å². The molecule has 0 fully saturated rings. The van der Waals surface area contributed by atoms with E-state index in [0.717, 1.165) is 16.9 Å². The molecule has 2 rings (SSSR count). The molecule has 1 aromatic carbocycles. The van der Waals surface area contributed by atoms with Gasteiger partial charge in [-0.1, -0.05) is 38.1 Å². The summed E-state index contributed by atoms with van der Waals surface area (Å²) in [4.78, 5) is 13.4. The van der Waals surface area contributed by atoms with E-state index in [-0.39, 0.29) is 18.6 Å². The quantitative estimate of drug-likeness (QED) is 0.864. The number of amides is 1. The molecule has 0 saturated carbocycles. The summed E-state index contributed by atoms with van der Waals surface area (Å²) in [5.74, 6) is 1.05. The molecule has 0 unspecified atom stereocenters. The van der Waals surface area contributed by atoms with Crippen molar-refractivity contribution >= 4 is 17.2 Å². The minimum absolute atomic E-state index is 0.0362. The van der Waals surface area contributed by atoms with Crippen molar-refractivity contribution < 1.29 is 9.53 Å². The van der Waals surface area contributed by atoms with Crippen LogP contribution in [0.15, 0.2) is 35.7 Å². The Morgan fingerprint density at radius 2 is 1.86 bits per heavy atom. The van der Waals surface area contributed by atoms with Crippen molar-refractivity contribution in [2.45, 2.75) is 33.7 Å². The largest absolute Gasteiger partial charge is 0.483 e. The molecule has 1 atom stereocenters. The van der Waals surface area contributed by atoms with Crippen LogP contribution in [0, 0.1) is 19.8 Å². The summed E-state index contributed by atoms with van der Waals surface area (Å²) in [6.07, 6.45) is 0. The van der Waals surface area contributed by atoms with Crippen LogP contribution in [0.25, 0.3) is 0 Å². The summed E-state index contributed by atoms with van der Waals surface area (Å²) >= 11 is 1.67. The minimum Gasteiger partial charge on any atom is -0.483 e. The average molecular weight is 317 g/mol. The topological polar surface area (TPSA) is 38.3 Å². The lowest BCUT2D eigenvalue weighted by molar-refractivity contribution is -0.124. The van der Waals surface area contributed by atoms with Gasteiger partial charge in [-0.25, -0.2) is 0 Å². The predicted octanol–water partition coefficient (Wildman–Crippen LogP) is 4.26. The monoisotopic (exact) mass is 317 g/mol. The Balaban J connectivity index is 1.97. The third kappa shape index (κ3) is 4.10. The molecule has 0 spiro atoms. The van der Waals surface area contributed by atoms with Gasteiger partial charge in [0.05, 0.1) is 6.04 Å². The Labute approximate surface area is 136 Å². The summed E-state index contributed by atoms with van der Waals surface area (Å²) in [5.41, 5.74) is 2.10. The SMILES string of the molecule is Cc1cccc(C)c1OCC(=O)N[C@@H](c1cccs1)C(C)C. The van der Waals surface area contributed by atoms with Crippen LogP contribution in [0.5, 0.6) is 5.75 Å². The van der Waals surface area contributed by atoms with Gasteiger partial charge in [0.2, 0.25) is 0 Å². The molecule has 118 valence electrons. The first-order chi connectivity index (χ1) is 10.5. The summed E-state index contributed by atoms with van der Waals surface area (Å²) < 4.78 is 5.72. The number of para-hydroxylation sites is 1. The van der Waals surface area contributed by atoms with E-state index in [1.165, 1.54) is 4.88 Å². The number of nitrogens with one attached hydrogen (secondary N) is 1. The molecule has 4 heteroatoms. The molecule has 22 heavy (non-hydrogen) atoms.